The molecular formula is C16H21NO3. The van der Waals surface area contributed by atoms with Crippen molar-refractivity contribution < 1.29 is 14.7 Å². The van der Waals surface area contributed by atoms with Gasteiger partial charge in [0, 0.05) is 12.1 Å². The molecule has 1 amide bonds. The van der Waals surface area contributed by atoms with Gasteiger partial charge in [-0.3, -0.25) is 4.79 Å². The molecule has 20 heavy (non-hydrogen) atoms. The van der Waals surface area contributed by atoms with Crippen LogP contribution in [0.25, 0.3) is 0 Å². The summed E-state index contributed by atoms with van der Waals surface area (Å²) in [6.07, 6.45) is 5.21. The van der Waals surface area contributed by atoms with Crippen LogP contribution in [-0.2, 0) is 4.79 Å². The second kappa shape index (κ2) is 6.07. The van der Waals surface area contributed by atoms with E-state index < -0.39 is 5.97 Å². The molecule has 0 aromatic heterocycles. The minimum absolute atomic E-state index is 0.0137. The Balaban J connectivity index is 2.09. The monoisotopic (exact) mass is 275 g/mol. The standard InChI is InChI=1S/C16H21NO3/c1-10-7-11(2)14(9-13(10)16(19)20)17-15(18)8-12-5-3-4-6-12/h7,9,12H,3-6,8H2,1-2H3,(H,17,18)(H,19,20). The van der Waals surface area contributed by atoms with Crippen LogP contribution in [0.5, 0.6) is 0 Å². The maximum Gasteiger partial charge on any atom is 0.336 e. The van der Waals surface area contributed by atoms with Gasteiger partial charge in [0.1, 0.15) is 0 Å². The van der Waals surface area contributed by atoms with Gasteiger partial charge in [-0.05, 0) is 49.8 Å². The molecule has 0 bridgehead atoms. The van der Waals surface area contributed by atoms with E-state index in [0.29, 0.717) is 23.6 Å². The number of carboxylic acids is 1. The molecule has 0 aliphatic heterocycles. The summed E-state index contributed by atoms with van der Waals surface area (Å²) in [5.74, 6) is -0.492. The van der Waals surface area contributed by atoms with Gasteiger partial charge >= 0.3 is 5.97 Å². The summed E-state index contributed by atoms with van der Waals surface area (Å²) in [5.41, 5.74) is 2.46. The molecule has 1 aromatic carbocycles. The molecule has 2 N–H and O–H groups in total. The van der Waals surface area contributed by atoms with Crippen LogP contribution in [0, 0.1) is 19.8 Å². The number of hydrogen-bond acceptors (Lipinski definition) is 2. The SMILES string of the molecule is Cc1cc(C)c(C(=O)O)cc1NC(=O)CC1CCCC1. The van der Waals surface area contributed by atoms with Crippen molar-refractivity contribution in [2.24, 2.45) is 5.92 Å². The Morgan fingerprint density at radius 2 is 1.85 bits per heavy atom. The summed E-state index contributed by atoms with van der Waals surface area (Å²) >= 11 is 0. The van der Waals surface area contributed by atoms with E-state index in [1.807, 2.05) is 6.92 Å². The van der Waals surface area contributed by atoms with Gasteiger partial charge in [0.2, 0.25) is 5.91 Å². The lowest BCUT2D eigenvalue weighted by atomic mass is 10.0. The predicted octanol–water partition coefficient (Wildman–Crippen LogP) is 3.52. The van der Waals surface area contributed by atoms with Gasteiger partial charge in [-0.1, -0.05) is 18.9 Å². The Hall–Kier alpha value is -1.84. The number of hydrogen-bond donors (Lipinski definition) is 2. The number of aryl methyl sites for hydroxylation is 2. The van der Waals surface area contributed by atoms with E-state index in [4.69, 9.17) is 5.11 Å². The number of amides is 1. The average molecular weight is 275 g/mol. The van der Waals surface area contributed by atoms with Gasteiger partial charge in [-0.2, -0.15) is 0 Å². The lowest BCUT2D eigenvalue weighted by Crippen LogP contribution is -2.16. The van der Waals surface area contributed by atoms with Crippen molar-refractivity contribution in [3.63, 3.8) is 0 Å². The van der Waals surface area contributed by atoms with E-state index in [0.717, 1.165) is 18.4 Å². The minimum atomic E-state index is -0.964. The zero-order valence-electron chi connectivity index (χ0n) is 12.0. The number of benzene rings is 1. The number of anilines is 1. The number of carbonyl (C=O) groups excluding carboxylic acids is 1. The van der Waals surface area contributed by atoms with Gasteiger partial charge in [-0.25, -0.2) is 4.79 Å². The van der Waals surface area contributed by atoms with Gasteiger partial charge in [0.05, 0.1) is 5.56 Å². The third kappa shape index (κ3) is 3.38. The fourth-order valence-electron chi connectivity index (χ4n) is 2.90. The molecule has 1 aliphatic rings. The van der Waals surface area contributed by atoms with Crippen LogP contribution >= 0.6 is 0 Å². The van der Waals surface area contributed by atoms with Crippen molar-refractivity contribution in [2.75, 3.05) is 5.32 Å². The lowest BCUT2D eigenvalue weighted by Gasteiger charge is -2.13. The Labute approximate surface area is 119 Å². The first-order valence-corrected chi connectivity index (χ1v) is 7.11. The fraction of sp³-hybridized carbons (Fsp3) is 0.500. The van der Waals surface area contributed by atoms with Gasteiger partial charge < -0.3 is 10.4 Å². The third-order valence-corrected chi connectivity index (χ3v) is 4.02. The highest BCUT2D eigenvalue weighted by Crippen LogP contribution is 2.28. The van der Waals surface area contributed by atoms with E-state index in [1.165, 1.54) is 12.8 Å². The highest BCUT2D eigenvalue weighted by Gasteiger charge is 2.19. The molecule has 0 radical (unpaired) electrons. The zero-order valence-corrected chi connectivity index (χ0v) is 12.0. The molecule has 1 fully saturated rings. The molecule has 0 saturated heterocycles. The van der Waals surface area contributed by atoms with E-state index in [2.05, 4.69) is 5.32 Å². The Morgan fingerprint density at radius 1 is 1.20 bits per heavy atom. The zero-order chi connectivity index (χ0) is 14.7. The van der Waals surface area contributed by atoms with Crippen molar-refractivity contribution in [1.29, 1.82) is 0 Å². The van der Waals surface area contributed by atoms with E-state index in [9.17, 15) is 9.59 Å². The summed E-state index contributed by atoms with van der Waals surface area (Å²) < 4.78 is 0. The normalized spacial score (nSPS) is 15.3. The van der Waals surface area contributed by atoms with Crippen LogP contribution in [0.4, 0.5) is 5.69 Å². The number of rotatable bonds is 4. The first kappa shape index (κ1) is 14.6. The summed E-state index contributed by atoms with van der Waals surface area (Å²) in [6, 6.07) is 3.36. The van der Waals surface area contributed by atoms with Gasteiger partial charge in [0.25, 0.3) is 0 Å². The maximum absolute atomic E-state index is 12.0. The Bertz CT molecular complexity index is 531. The first-order valence-electron chi connectivity index (χ1n) is 7.11. The molecule has 0 heterocycles. The van der Waals surface area contributed by atoms with E-state index in [1.54, 1.807) is 19.1 Å². The Morgan fingerprint density at radius 3 is 2.45 bits per heavy atom. The fourth-order valence-corrected chi connectivity index (χ4v) is 2.90. The second-order valence-electron chi connectivity index (χ2n) is 5.69. The van der Waals surface area contributed by atoms with Crippen LogP contribution in [0.1, 0.15) is 53.6 Å². The summed E-state index contributed by atoms with van der Waals surface area (Å²) in [6.45, 7) is 3.64. The number of carboxylic acid groups (broad SMARTS) is 1. The van der Waals surface area contributed by atoms with Crippen LogP contribution < -0.4 is 5.32 Å². The number of nitrogens with one attached hydrogen (secondary N) is 1. The molecule has 0 spiro atoms. The highest BCUT2D eigenvalue weighted by atomic mass is 16.4. The number of aromatic carboxylic acids is 1. The van der Waals surface area contributed by atoms with Crippen molar-refractivity contribution in [2.45, 2.75) is 46.0 Å². The van der Waals surface area contributed by atoms with Crippen LogP contribution in [-0.4, -0.2) is 17.0 Å². The molecule has 4 heteroatoms. The second-order valence-corrected chi connectivity index (χ2v) is 5.69. The molecule has 1 aliphatic carbocycles. The summed E-state index contributed by atoms with van der Waals surface area (Å²) in [4.78, 5) is 23.2. The van der Waals surface area contributed by atoms with Crippen LogP contribution in [0.3, 0.4) is 0 Å². The third-order valence-electron chi connectivity index (χ3n) is 4.02. The number of carbonyl (C=O) groups is 2. The van der Waals surface area contributed by atoms with Crippen molar-refractivity contribution in [1.82, 2.24) is 0 Å². The summed E-state index contributed by atoms with van der Waals surface area (Å²) in [5, 5.41) is 12.0. The molecule has 1 aromatic rings. The Kier molecular flexibility index (Phi) is 4.42. The van der Waals surface area contributed by atoms with Crippen molar-refractivity contribution >= 4 is 17.6 Å². The molecule has 1 saturated carbocycles. The maximum atomic E-state index is 12.0. The first-order chi connectivity index (χ1) is 9.47. The topological polar surface area (TPSA) is 66.4 Å². The molecule has 4 nitrogen and oxygen atoms in total. The quantitative estimate of drug-likeness (QED) is 0.883. The molecule has 108 valence electrons. The van der Waals surface area contributed by atoms with Crippen LogP contribution in [0.2, 0.25) is 0 Å². The van der Waals surface area contributed by atoms with Crippen molar-refractivity contribution in [3.8, 4) is 0 Å². The largest absolute Gasteiger partial charge is 0.478 e. The van der Waals surface area contributed by atoms with E-state index in [-0.39, 0.29) is 11.5 Å². The summed E-state index contributed by atoms with van der Waals surface area (Å²) in [7, 11) is 0. The lowest BCUT2D eigenvalue weighted by molar-refractivity contribution is -0.117. The highest BCUT2D eigenvalue weighted by molar-refractivity contribution is 5.95. The van der Waals surface area contributed by atoms with E-state index >= 15 is 0 Å². The van der Waals surface area contributed by atoms with Gasteiger partial charge in [-0.15, -0.1) is 0 Å². The predicted molar refractivity (Wildman–Crippen MR) is 78.1 cm³/mol. The molecule has 2 rings (SSSR count). The smallest absolute Gasteiger partial charge is 0.336 e. The minimum Gasteiger partial charge on any atom is -0.478 e. The molecular weight excluding hydrogens is 254 g/mol. The molecule has 0 unspecified atom stereocenters. The average Bonchev–Trinajstić information content (AvgIpc) is 2.84. The molecule has 0 atom stereocenters. The van der Waals surface area contributed by atoms with Gasteiger partial charge in [0.15, 0.2) is 0 Å². The van der Waals surface area contributed by atoms with Crippen molar-refractivity contribution in [3.05, 3.63) is 28.8 Å². The van der Waals surface area contributed by atoms with Crippen LogP contribution in [0.15, 0.2) is 12.1 Å².